The van der Waals surface area contributed by atoms with Gasteiger partial charge in [0.05, 0.1) is 19.8 Å². The highest BCUT2D eigenvalue weighted by Crippen LogP contribution is 2.25. The standard InChI is InChI=1S/C19H24N2O2/c1-14-10-11-18(23-4)17(12-14)20-19(22)15(2)21(3)13-16-8-6-5-7-9-16/h5-12,15H,13H2,1-4H3,(H,20,22)/p+1/t15-/m1/s1. The number of hydrogen-bond donors (Lipinski definition) is 2. The largest absolute Gasteiger partial charge is 0.495 e. The Morgan fingerprint density at radius 3 is 2.57 bits per heavy atom. The predicted molar refractivity (Wildman–Crippen MR) is 92.9 cm³/mol. The second kappa shape index (κ2) is 7.79. The van der Waals surface area contributed by atoms with Gasteiger partial charge in [-0.05, 0) is 31.5 Å². The summed E-state index contributed by atoms with van der Waals surface area (Å²) < 4.78 is 5.32. The fourth-order valence-electron chi connectivity index (χ4n) is 2.46. The maximum Gasteiger partial charge on any atom is 0.282 e. The van der Waals surface area contributed by atoms with Crippen molar-refractivity contribution in [1.29, 1.82) is 0 Å². The van der Waals surface area contributed by atoms with Crippen LogP contribution in [0.3, 0.4) is 0 Å². The molecule has 0 fully saturated rings. The summed E-state index contributed by atoms with van der Waals surface area (Å²) in [6, 6.07) is 15.8. The molecule has 2 aromatic carbocycles. The average Bonchev–Trinajstić information content (AvgIpc) is 2.55. The number of methoxy groups -OCH3 is 1. The number of carbonyl (C=O) groups excluding carboxylic acids is 1. The van der Waals surface area contributed by atoms with E-state index in [0.717, 1.165) is 22.7 Å². The fourth-order valence-corrected chi connectivity index (χ4v) is 2.46. The number of ether oxygens (including phenoxy) is 1. The van der Waals surface area contributed by atoms with Crippen molar-refractivity contribution in [3.8, 4) is 5.75 Å². The lowest BCUT2D eigenvalue weighted by atomic mass is 10.1. The highest BCUT2D eigenvalue weighted by atomic mass is 16.5. The number of hydrogen-bond acceptors (Lipinski definition) is 2. The minimum absolute atomic E-state index is 0.0117. The van der Waals surface area contributed by atoms with E-state index in [-0.39, 0.29) is 11.9 Å². The molecule has 0 radical (unpaired) electrons. The lowest BCUT2D eigenvalue weighted by molar-refractivity contribution is -0.907. The summed E-state index contributed by atoms with van der Waals surface area (Å²) in [5.74, 6) is 0.666. The van der Waals surface area contributed by atoms with Crippen LogP contribution in [-0.2, 0) is 11.3 Å². The molecule has 2 N–H and O–H groups in total. The summed E-state index contributed by atoms with van der Waals surface area (Å²) in [7, 11) is 3.64. The van der Waals surface area contributed by atoms with Crippen LogP contribution >= 0.6 is 0 Å². The van der Waals surface area contributed by atoms with Crippen molar-refractivity contribution in [3.63, 3.8) is 0 Å². The number of amides is 1. The minimum atomic E-state index is -0.166. The van der Waals surface area contributed by atoms with E-state index in [1.165, 1.54) is 5.56 Å². The number of anilines is 1. The van der Waals surface area contributed by atoms with Gasteiger partial charge >= 0.3 is 0 Å². The molecule has 4 heteroatoms. The van der Waals surface area contributed by atoms with Gasteiger partial charge in [0.2, 0.25) is 0 Å². The summed E-state index contributed by atoms with van der Waals surface area (Å²) >= 11 is 0. The molecule has 0 aromatic heterocycles. The first-order valence-electron chi connectivity index (χ1n) is 7.83. The molecule has 2 atom stereocenters. The number of aryl methyl sites for hydroxylation is 1. The second-order valence-corrected chi connectivity index (χ2v) is 5.92. The smallest absolute Gasteiger partial charge is 0.282 e. The molecular formula is C19H25N2O2+. The summed E-state index contributed by atoms with van der Waals surface area (Å²) in [5, 5.41) is 2.98. The molecule has 0 spiro atoms. The molecule has 23 heavy (non-hydrogen) atoms. The first-order chi connectivity index (χ1) is 11.0. The third-order valence-corrected chi connectivity index (χ3v) is 4.07. The molecular weight excluding hydrogens is 288 g/mol. The summed E-state index contributed by atoms with van der Waals surface area (Å²) in [6.45, 7) is 4.74. The summed E-state index contributed by atoms with van der Waals surface area (Å²) in [4.78, 5) is 13.7. The van der Waals surface area contributed by atoms with E-state index >= 15 is 0 Å². The zero-order valence-corrected chi connectivity index (χ0v) is 14.2. The van der Waals surface area contributed by atoms with Gasteiger partial charge in [0.1, 0.15) is 12.3 Å². The molecule has 0 bridgehead atoms. The van der Waals surface area contributed by atoms with Crippen molar-refractivity contribution >= 4 is 11.6 Å². The molecule has 1 unspecified atom stereocenters. The van der Waals surface area contributed by atoms with Crippen molar-refractivity contribution in [2.45, 2.75) is 26.4 Å². The maximum atomic E-state index is 12.5. The Kier molecular flexibility index (Phi) is 5.77. The zero-order valence-electron chi connectivity index (χ0n) is 14.2. The van der Waals surface area contributed by atoms with Gasteiger partial charge < -0.3 is 15.0 Å². The second-order valence-electron chi connectivity index (χ2n) is 5.92. The van der Waals surface area contributed by atoms with Gasteiger partial charge in [0.25, 0.3) is 5.91 Å². The molecule has 2 rings (SSSR count). The van der Waals surface area contributed by atoms with E-state index in [1.54, 1.807) is 7.11 Å². The Morgan fingerprint density at radius 1 is 1.22 bits per heavy atom. The normalized spacial score (nSPS) is 13.2. The first-order valence-corrected chi connectivity index (χ1v) is 7.83. The molecule has 122 valence electrons. The van der Waals surface area contributed by atoms with Gasteiger partial charge in [-0.1, -0.05) is 36.4 Å². The molecule has 0 aliphatic carbocycles. The molecule has 1 amide bonds. The highest BCUT2D eigenvalue weighted by Gasteiger charge is 2.23. The fraction of sp³-hybridized carbons (Fsp3) is 0.316. The van der Waals surface area contributed by atoms with Gasteiger partial charge in [-0.25, -0.2) is 0 Å². The lowest BCUT2D eigenvalue weighted by Gasteiger charge is -2.21. The Balaban J connectivity index is 2.03. The van der Waals surface area contributed by atoms with Crippen LogP contribution in [0, 0.1) is 6.92 Å². The van der Waals surface area contributed by atoms with Gasteiger partial charge in [0, 0.05) is 5.56 Å². The maximum absolute atomic E-state index is 12.5. The number of likely N-dealkylation sites (N-methyl/N-ethyl adjacent to an activating group) is 1. The third-order valence-electron chi connectivity index (χ3n) is 4.07. The van der Waals surface area contributed by atoms with E-state index in [2.05, 4.69) is 17.4 Å². The van der Waals surface area contributed by atoms with Crippen LogP contribution in [0.5, 0.6) is 5.75 Å². The van der Waals surface area contributed by atoms with Crippen molar-refractivity contribution < 1.29 is 14.4 Å². The third kappa shape index (κ3) is 4.57. The number of carbonyl (C=O) groups is 1. The van der Waals surface area contributed by atoms with Crippen LogP contribution in [0.2, 0.25) is 0 Å². The molecule has 0 aliphatic heterocycles. The zero-order chi connectivity index (χ0) is 16.8. The van der Waals surface area contributed by atoms with E-state index in [1.807, 2.05) is 57.3 Å². The monoisotopic (exact) mass is 313 g/mol. The minimum Gasteiger partial charge on any atom is -0.495 e. The van der Waals surface area contributed by atoms with Crippen LogP contribution in [0.4, 0.5) is 5.69 Å². The molecule has 0 saturated carbocycles. The molecule has 2 aromatic rings. The predicted octanol–water partition coefficient (Wildman–Crippen LogP) is 2.05. The van der Waals surface area contributed by atoms with E-state index in [9.17, 15) is 4.79 Å². The van der Waals surface area contributed by atoms with Crippen molar-refractivity contribution in [2.75, 3.05) is 19.5 Å². The summed E-state index contributed by atoms with van der Waals surface area (Å²) in [5.41, 5.74) is 3.02. The van der Waals surface area contributed by atoms with Gasteiger partial charge in [-0.2, -0.15) is 0 Å². The average molecular weight is 313 g/mol. The highest BCUT2D eigenvalue weighted by molar-refractivity contribution is 5.95. The van der Waals surface area contributed by atoms with Gasteiger partial charge in [-0.15, -0.1) is 0 Å². The SMILES string of the molecule is COc1ccc(C)cc1NC(=O)[C@@H](C)[NH+](C)Cc1ccccc1. The number of quaternary nitrogens is 1. The van der Waals surface area contributed by atoms with Crippen LogP contribution in [0.15, 0.2) is 48.5 Å². The topological polar surface area (TPSA) is 42.8 Å². The Bertz CT molecular complexity index is 656. The molecule has 0 aliphatic rings. The number of benzene rings is 2. The lowest BCUT2D eigenvalue weighted by Crippen LogP contribution is -3.12. The quantitative estimate of drug-likeness (QED) is 0.857. The van der Waals surface area contributed by atoms with Crippen molar-refractivity contribution in [3.05, 3.63) is 59.7 Å². The van der Waals surface area contributed by atoms with Crippen LogP contribution in [0.1, 0.15) is 18.1 Å². The van der Waals surface area contributed by atoms with Crippen molar-refractivity contribution in [2.24, 2.45) is 0 Å². The van der Waals surface area contributed by atoms with E-state index in [0.29, 0.717) is 5.75 Å². The molecule has 0 saturated heterocycles. The molecule has 4 nitrogen and oxygen atoms in total. The first kappa shape index (κ1) is 17.0. The Hall–Kier alpha value is -2.33. The van der Waals surface area contributed by atoms with E-state index in [4.69, 9.17) is 4.74 Å². The Labute approximate surface area is 138 Å². The van der Waals surface area contributed by atoms with Crippen LogP contribution < -0.4 is 15.0 Å². The van der Waals surface area contributed by atoms with Crippen LogP contribution in [-0.4, -0.2) is 26.1 Å². The van der Waals surface area contributed by atoms with Crippen LogP contribution in [0.25, 0.3) is 0 Å². The Morgan fingerprint density at radius 2 is 1.91 bits per heavy atom. The molecule has 0 heterocycles. The van der Waals surface area contributed by atoms with Gasteiger partial charge in [0.15, 0.2) is 6.04 Å². The number of rotatable bonds is 6. The van der Waals surface area contributed by atoms with E-state index < -0.39 is 0 Å². The number of nitrogens with one attached hydrogen (secondary N) is 2. The summed E-state index contributed by atoms with van der Waals surface area (Å²) in [6.07, 6.45) is 0. The van der Waals surface area contributed by atoms with Gasteiger partial charge in [-0.3, -0.25) is 4.79 Å². The van der Waals surface area contributed by atoms with Crippen molar-refractivity contribution in [1.82, 2.24) is 0 Å².